The lowest BCUT2D eigenvalue weighted by Crippen LogP contribution is -2.35. The molecule has 0 aliphatic heterocycles. The molecular formula is C13H15N5O2. The number of likely N-dealkylation sites (N-methyl/N-ethyl adjacent to an activating group) is 1. The molecule has 7 nitrogen and oxygen atoms in total. The normalized spacial score (nSPS) is 10.1. The number of nitrogens with zero attached hydrogens (tertiary/aromatic N) is 2. The highest BCUT2D eigenvalue weighted by Crippen LogP contribution is 2.11. The molecule has 0 fully saturated rings. The van der Waals surface area contributed by atoms with Crippen molar-refractivity contribution in [2.24, 2.45) is 0 Å². The predicted octanol–water partition coefficient (Wildman–Crippen LogP) is -0.0697. The van der Waals surface area contributed by atoms with Gasteiger partial charge in [-0.15, -0.1) is 0 Å². The van der Waals surface area contributed by atoms with Crippen LogP contribution >= 0.6 is 0 Å². The summed E-state index contributed by atoms with van der Waals surface area (Å²) >= 11 is 0. The highest BCUT2D eigenvalue weighted by molar-refractivity contribution is 5.94. The molecule has 2 rings (SSSR count). The van der Waals surface area contributed by atoms with Gasteiger partial charge in [0.05, 0.1) is 12.2 Å². The topological polar surface area (TPSA) is 102 Å². The predicted molar refractivity (Wildman–Crippen MR) is 74.4 cm³/mol. The van der Waals surface area contributed by atoms with Crippen molar-refractivity contribution in [1.82, 2.24) is 20.4 Å². The average molecular weight is 273 g/mol. The lowest BCUT2D eigenvalue weighted by Gasteiger charge is -2.03. The second-order valence-electron chi connectivity index (χ2n) is 4.10. The number of nitrogens with two attached hydrogens (primary N) is 1. The number of amides is 2. The third-order valence-corrected chi connectivity index (χ3v) is 2.64. The zero-order valence-corrected chi connectivity index (χ0v) is 11.0. The van der Waals surface area contributed by atoms with Gasteiger partial charge in [-0.25, -0.2) is 4.68 Å². The van der Waals surface area contributed by atoms with Gasteiger partial charge in [0.25, 0.3) is 5.91 Å². The molecule has 1 heterocycles. The largest absolute Gasteiger partial charge is 0.399 e. The third kappa shape index (κ3) is 3.14. The highest BCUT2D eigenvalue weighted by atomic mass is 16.2. The van der Waals surface area contributed by atoms with E-state index >= 15 is 0 Å². The molecule has 0 aliphatic carbocycles. The summed E-state index contributed by atoms with van der Waals surface area (Å²) in [5, 5.41) is 9.03. The molecule has 4 N–H and O–H groups in total. The van der Waals surface area contributed by atoms with Crippen LogP contribution < -0.4 is 16.4 Å². The molecule has 2 aromatic rings. The van der Waals surface area contributed by atoms with Crippen LogP contribution in [0.5, 0.6) is 0 Å². The molecule has 20 heavy (non-hydrogen) atoms. The maximum atomic E-state index is 11.8. The Hall–Kier alpha value is -2.83. The second kappa shape index (κ2) is 5.87. The first-order chi connectivity index (χ1) is 9.60. The number of hydrogen-bond acceptors (Lipinski definition) is 4. The fourth-order valence-electron chi connectivity index (χ4n) is 1.60. The molecule has 1 aromatic heterocycles. The van der Waals surface area contributed by atoms with Gasteiger partial charge < -0.3 is 16.4 Å². The van der Waals surface area contributed by atoms with Crippen molar-refractivity contribution in [1.29, 1.82) is 0 Å². The standard InChI is InChI=1S/C13H15N5O2/c1-15-12(19)8-16-13(20)11-5-6-18(17-11)10-4-2-3-9(14)7-10/h2-7H,8,14H2,1H3,(H,15,19)(H,16,20). The first-order valence-corrected chi connectivity index (χ1v) is 6.00. The molecule has 0 aliphatic rings. The maximum absolute atomic E-state index is 11.8. The van der Waals surface area contributed by atoms with Crippen molar-refractivity contribution in [3.8, 4) is 5.69 Å². The van der Waals surface area contributed by atoms with E-state index < -0.39 is 5.91 Å². The summed E-state index contributed by atoms with van der Waals surface area (Å²) in [7, 11) is 1.50. The average Bonchev–Trinajstić information content (AvgIpc) is 2.94. The van der Waals surface area contributed by atoms with E-state index in [0.29, 0.717) is 5.69 Å². The Morgan fingerprint density at radius 1 is 1.35 bits per heavy atom. The summed E-state index contributed by atoms with van der Waals surface area (Å²) in [5.74, 6) is -0.676. The van der Waals surface area contributed by atoms with Gasteiger partial charge in [-0.1, -0.05) is 6.07 Å². The highest BCUT2D eigenvalue weighted by Gasteiger charge is 2.11. The van der Waals surface area contributed by atoms with Crippen LogP contribution in [0.25, 0.3) is 5.69 Å². The number of carbonyl (C=O) groups excluding carboxylic acids is 2. The molecule has 0 bridgehead atoms. The lowest BCUT2D eigenvalue weighted by atomic mass is 10.3. The molecule has 0 atom stereocenters. The van der Waals surface area contributed by atoms with Crippen molar-refractivity contribution in [3.05, 3.63) is 42.2 Å². The van der Waals surface area contributed by atoms with Crippen molar-refractivity contribution in [2.75, 3.05) is 19.3 Å². The number of nitrogen functional groups attached to an aromatic ring is 1. The number of anilines is 1. The number of carbonyl (C=O) groups is 2. The molecule has 0 unspecified atom stereocenters. The number of nitrogens with one attached hydrogen (secondary N) is 2. The number of rotatable bonds is 4. The Morgan fingerprint density at radius 2 is 2.15 bits per heavy atom. The fourth-order valence-corrected chi connectivity index (χ4v) is 1.60. The van der Waals surface area contributed by atoms with E-state index in [1.807, 2.05) is 6.07 Å². The first-order valence-electron chi connectivity index (χ1n) is 6.00. The number of aromatic nitrogens is 2. The van der Waals surface area contributed by atoms with Crippen molar-refractivity contribution >= 4 is 17.5 Å². The SMILES string of the molecule is CNC(=O)CNC(=O)c1ccn(-c2cccc(N)c2)n1. The van der Waals surface area contributed by atoms with E-state index in [1.165, 1.54) is 7.05 Å². The molecule has 0 saturated heterocycles. The van der Waals surface area contributed by atoms with E-state index in [-0.39, 0.29) is 18.1 Å². The van der Waals surface area contributed by atoms with Crippen LogP contribution in [-0.2, 0) is 4.79 Å². The van der Waals surface area contributed by atoms with Crippen LogP contribution in [0.4, 0.5) is 5.69 Å². The Balaban J connectivity index is 2.09. The van der Waals surface area contributed by atoms with Gasteiger partial charge in [-0.2, -0.15) is 5.10 Å². The molecular weight excluding hydrogens is 258 g/mol. The van der Waals surface area contributed by atoms with Crippen LogP contribution in [0.1, 0.15) is 10.5 Å². The fraction of sp³-hybridized carbons (Fsp3) is 0.154. The van der Waals surface area contributed by atoms with E-state index in [2.05, 4.69) is 15.7 Å². The third-order valence-electron chi connectivity index (χ3n) is 2.64. The van der Waals surface area contributed by atoms with Crippen LogP contribution in [-0.4, -0.2) is 35.2 Å². The monoisotopic (exact) mass is 273 g/mol. The Morgan fingerprint density at radius 3 is 2.85 bits per heavy atom. The molecule has 7 heteroatoms. The Labute approximate surface area is 115 Å². The van der Waals surface area contributed by atoms with Gasteiger partial charge in [-0.3, -0.25) is 9.59 Å². The zero-order chi connectivity index (χ0) is 14.5. The van der Waals surface area contributed by atoms with Gasteiger partial charge in [0.2, 0.25) is 5.91 Å². The quantitative estimate of drug-likeness (QED) is 0.678. The summed E-state index contributed by atoms with van der Waals surface area (Å²) in [6.07, 6.45) is 1.66. The van der Waals surface area contributed by atoms with Crippen LogP contribution in [0.3, 0.4) is 0 Å². The van der Waals surface area contributed by atoms with E-state index in [0.717, 1.165) is 5.69 Å². The summed E-state index contributed by atoms with van der Waals surface area (Å²) in [6.45, 7) is -0.0829. The Kier molecular flexibility index (Phi) is 3.99. The molecule has 2 amide bonds. The number of hydrogen-bond donors (Lipinski definition) is 3. The zero-order valence-electron chi connectivity index (χ0n) is 11.0. The van der Waals surface area contributed by atoms with Gasteiger partial charge >= 0.3 is 0 Å². The maximum Gasteiger partial charge on any atom is 0.272 e. The minimum absolute atomic E-state index is 0.0829. The van der Waals surface area contributed by atoms with Gasteiger partial charge in [0.15, 0.2) is 5.69 Å². The van der Waals surface area contributed by atoms with Crippen LogP contribution in [0.15, 0.2) is 36.5 Å². The van der Waals surface area contributed by atoms with Gasteiger partial charge in [0, 0.05) is 18.9 Å². The lowest BCUT2D eigenvalue weighted by molar-refractivity contribution is -0.119. The van der Waals surface area contributed by atoms with Gasteiger partial charge in [-0.05, 0) is 24.3 Å². The van der Waals surface area contributed by atoms with E-state index in [1.54, 1.807) is 35.1 Å². The summed E-state index contributed by atoms with van der Waals surface area (Å²) in [5.41, 5.74) is 7.30. The smallest absolute Gasteiger partial charge is 0.272 e. The van der Waals surface area contributed by atoms with E-state index in [4.69, 9.17) is 5.73 Å². The summed E-state index contributed by atoms with van der Waals surface area (Å²) in [6, 6.07) is 8.72. The van der Waals surface area contributed by atoms with Gasteiger partial charge in [0.1, 0.15) is 0 Å². The van der Waals surface area contributed by atoms with Crippen molar-refractivity contribution < 1.29 is 9.59 Å². The molecule has 0 spiro atoms. The summed E-state index contributed by atoms with van der Waals surface area (Å²) < 4.78 is 1.55. The molecule has 0 saturated carbocycles. The Bertz CT molecular complexity index is 635. The first kappa shape index (κ1) is 13.6. The van der Waals surface area contributed by atoms with Crippen LogP contribution in [0.2, 0.25) is 0 Å². The molecule has 104 valence electrons. The summed E-state index contributed by atoms with van der Waals surface area (Å²) in [4.78, 5) is 22.8. The minimum Gasteiger partial charge on any atom is -0.399 e. The molecule has 1 aromatic carbocycles. The van der Waals surface area contributed by atoms with E-state index in [9.17, 15) is 9.59 Å². The van der Waals surface area contributed by atoms with Crippen molar-refractivity contribution in [2.45, 2.75) is 0 Å². The van der Waals surface area contributed by atoms with Crippen molar-refractivity contribution in [3.63, 3.8) is 0 Å². The minimum atomic E-state index is -0.406. The molecule has 0 radical (unpaired) electrons. The number of benzene rings is 1. The second-order valence-corrected chi connectivity index (χ2v) is 4.10. The van der Waals surface area contributed by atoms with Crippen LogP contribution in [0, 0.1) is 0 Å².